The van der Waals surface area contributed by atoms with E-state index in [0.717, 1.165) is 41.5 Å². The van der Waals surface area contributed by atoms with Gasteiger partial charge < -0.3 is 20.5 Å². The van der Waals surface area contributed by atoms with Crippen LogP contribution in [0.3, 0.4) is 0 Å². The zero-order chi connectivity index (χ0) is 22.7. The van der Waals surface area contributed by atoms with Crippen LogP contribution in [0.25, 0.3) is 11.1 Å². The number of carbonyl (C=O) groups is 3. The van der Waals surface area contributed by atoms with E-state index >= 15 is 0 Å². The molecule has 0 aromatic heterocycles. The van der Waals surface area contributed by atoms with Crippen LogP contribution in [0.4, 0.5) is 4.79 Å². The van der Waals surface area contributed by atoms with Crippen LogP contribution >= 0.6 is 0 Å². The Morgan fingerprint density at radius 1 is 1.00 bits per heavy atom. The number of nitrogens with one attached hydrogen (secondary N) is 2. The maximum absolute atomic E-state index is 12.6. The van der Waals surface area contributed by atoms with Crippen molar-refractivity contribution < 1.29 is 24.2 Å². The van der Waals surface area contributed by atoms with Crippen LogP contribution in [0.2, 0.25) is 0 Å². The summed E-state index contributed by atoms with van der Waals surface area (Å²) in [6.07, 6.45) is 2.54. The number of rotatable bonds is 6. The minimum atomic E-state index is -1.26. The van der Waals surface area contributed by atoms with Gasteiger partial charge in [-0.2, -0.15) is 0 Å². The highest BCUT2D eigenvalue weighted by Gasteiger charge is 2.41. The third-order valence-corrected chi connectivity index (χ3v) is 6.55. The quantitative estimate of drug-likeness (QED) is 0.639. The van der Waals surface area contributed by atoms with Crippen molar-refractivity contribution in [1.29, 1.82) is 0 Å². The summed E-state index contributed by atoms with van der Waals surface area (Å²) in [6, 6.07) is 15.2. The Kier molecular flexibility index (Phi) is 6.17. The molecule has 168 valence electrons. The number of amides is 2. The molecule has 4 rings (SSSR count). The van der Waals surface area contributed by atoms with Gasteiger partial charge in [0.25, 0.3) is 0 Å². The van der Waals surface area contributed by atoms with E-state index in [1.165, 1.54) is 6.92 Å². The molecule has 0 radical (unpaired) electrons. The Hall–Kier alpha value is -3.35. The highest BCUT2D eigenvalue weighted by atomic mass is 16.5. The number of carbonyl (C=O) groups excluding carboxylic acids is 2. The molecule has 3 N–H and O–H groups in total. The number of hydrogen-bond acceptors (Lipinski definition) is 4. The summed E-state index contributed by atoms with van der Waals surface area (Å²) >= 11 is 0. The van der Waals surface area contributed by atoms with E-state index in [1.54, 1.807) is 0 Å². The van der Waals surface area contributed by atoms with Gasteiger partial charge in [0.2, 0.25) is 5.91 Å². The molecule has 0 aliphatic heterocycles. The number of fused-ring (bicyclic) bond motifs is 3. The van der Waals surface area contributed by atoms with Crippen LogP contribution in [-0.4, -0.2) is 41.3 Å². The van der Waals surface area contributed by atoms with E-state index in [4.69, 9.17) is 4.74 Å². The maximum Gasteiger partial charge on any atom is 0.407 e. The Labute approximate surface area is 187 Å². The maximum atomic E-state index is 12.6. The molecule has 0 bridgehead atoms. The molecular weight excluding hydrogens is 408 g/mol. The van der Waals surface area contributed by atoms with Gasteiger partial charge in [-0.3, -0.25) is 4.79 Å². The van der Waals surface area contributed by atoms with Gasteiger partial charge in [0.15, 0.2) is 0 Å². The van der Waals surface area contributed by atoms with Crippen molar-refractivity contribution in [3.8, 4) is 11.1 Å². The van der Waals surface area contributed by atoms with Gasteiger partial charge in [-0.1, -0.05) is 67.8 Å². The van der Waals surface area contributed by atoms with Gasteiger partial charge in [-0.15, -0.1) is 0 Å². The highest BCUT2D eigenvalue weighted by Crippen LogP contribution is 2.44. The van der Waals surface area contributed by atoms with Crippen molar-refractivity contribution >= 4 is 18.0 Å². The predicted molar refractivity (Wildman–Crippen MR) is 119 cm³/mol. The average Bonchev–Trinajstić information content (AvgIpc) is 3.12. The van der Waals surface area contributed by atoms with E-state index in [2.05, 4.69) is 22.8 Å². The normalized spacial score (nSPS) is 17.5. The number of ether oxygens (including phenoxy) is 1. The van der Waals surface area contributed by atoms with Crippen LogP contribution in [0, 0.1) is 0 Å². The number of aliphatic carboxylic acids is 1. The van der Waals surface area contributed by atoms with E-state index < -0.39 is 29.6 Å². The van der Waals surface area contributed by atoms with E-state index in [0.29, 0.717) is 12.8 Å². The SMILES string of the molecule is CC(NC(=O)OCC1c2ccccc2-c2ccccc21)C(=O)NC1(C(=O)O)CCCCC1. The second-order valence-corrected chi connectivity index (χ2v) is 8.63. The molecule has 0 saturated heterocycles. The summed E-state index contributed by atoms with van der Waals surface area (Å²) < 4.78 is 5.48. The first-order chi connectivity index (χ1) is 15.4. The molecular formula is C25H28N2O5. The largest absolute Gasteiger partial charge is 0.480 e. The molecule has 0 spiro atoms. The molecule has 32 heavy (non-hydrogen) atoms. The van der Waals surface area contributed by atoms with Crippen LogP contribution < -0.4 is 10.6 Å². The van der Waals surface area contributed by atoms with Crippen molar-refractivity contribution in [3.63, 3.8) is 0 Å². The van der Waals surface area contributed by atoms with Gasteiger partial charge in [-0.05, 0) is 42.0 Å². The number of carboxylic acid groups (broad SMARTS) is 1. The number of benzene rings is 2. The average molecular weight is 437 g/mol. The first-order valence-electron chi connectivity index (χ1n) is 11.1. The zero-order valence-electron chi connectivity index (χ0n) is 18.1. The minimum absolute atomic E-state index is 0.0743. The number of carboxylic acids is 1. The lowest BCUT2D eigenvalue weighted by molar-refractivity contribution is -0.149. The van der Waals surface area contributed by atoms with Gasteiger partial charge in [-0.25, -0.2) is 9.59 Å². The third kappa shape index (κ3) is 4.20. The fourth-order valence-electron chi connectivity index (χ4n) is 4.77. The fraction of sp³-hybridized carbons (Fsp3) is 0.400. The predicted octanol–water partition coefficient (Wildman–Crippen LogP) is 3.82. The summed E-state index contributed by atoms with van der Waals surface area (Å²) in [5.41, 5.74) is 3.22. The summed E-state index contributed by atoms with van der Waals surface area (Å²) in [6.45, 7) is 1.67. The van der Waals surface area contributed by atoms with Gasteiger partial charge in [0.05, 0.1) is 0 Å². The molecule has 2 aromatic carbocycles. The van der Waals surface area contributed by atoms with Crippen LogP contribution in [-0.2, 0) is 14.3 Å². The van der Waals surface area contributed by atoms with Crippen LogP contribution in [0.5, 0.6) is 0 Å². The molecule has 2 amide bonds. The van der Waals surface area contributed by atoms with Crippen molar-refractivity contribution in [2.45, 2.75) is 56.5 Å². The molecule has 2 aromatic rings. The van der Waals surface area contributed by atoms with Gasteiger partial charge >= 0.3 is 12.1 Å². The lowest BCUT2D eigenvalue weighted by Gasteiger charge is -2.34. The highest BCUT2D eigenvalue weighted by molar-refractivity contribution is 5.91. The fourth-order valence-corrected chi connectivity index (χ4v) is 4.77. The molecule has 2 aliphatic rings. The Bertz CT molecular complexity index is 983. The van der Waals surface area contributed by atoms with Crippen LogP contribution in [0.1, 0.15) is 56.1 Å². The lowest BCUT2D eigenvalue weighted by atomic mass is 9.81. The second-order valence-electron chi connectivity index (χ2n) is 8.63. The second kappa shape index (κ2) is 9.02. The molecule has 0 heterocycles. The van der Waals surface area contributed by atoms with Crippen molar-refractivity contribution in [3.05, 3.63) is 59.7 Å². The van der Waals surface area contributed by atoms with Crippen molar-refractivity contribution in [2.24, 2.45) is 0 Å². The first-order valence-corrected chi connectivity index (χ1v) is 11.1. The molecule has 1 unspecified atom stereocenters. The topological polar surface area (TPSA) is 105 Å². The first kappa shape index (κ1) is 21.9. The lowest BCUT2D eigenvalue weighted by Crippen LogP contribution is -2.59. The van der Waals surface area contributed by atoms with Crippen LogP contribution in [0.15, 0.2) is 48.5 Å². The molecule has 1 saturated carbocycles. The molecule has 7 nitrogen and oxygen atoms in total. The Morgan fingerprint density at radius 2 is 1.56 bits per heavy atom. The monoisotopic (exact) mass is 436 g/mol. The molecule has 2 aliphatic carbocycles. The van der Waals surface area contributed by atoms with Gasteiger partial charge in [0.1, 0.15) is 18.2 Å². The minimum Gasteiger partial charge on any atom is -0.480 e. The standard InChI is InChI=1S/C25H28N2O5/c1-16(22(28)27-25(23(29)30)13-7-2-8-14-25)26-24(31)32-15-21-19-11-5-3-9-17(19)18-10-4-6-12-20(18)21/h3-6,9-12,16,21H,2,7-8,13-15H2,1H3,(H,26,31)(H,27,28)(H,29,30). The summed E-state index contributed by atoms with van der Waals surface area (Å²) in [7, 11) is 0. The molecule has 7 heteroatoms. The summed E-state index contributed by atoms with van der Waals surface area (Å²) in [5, 5.41) is 14.8. The van der Waals surface area contributed by atoms with E-state index in [1.807, 2.05) is 36.4 Å². The van der Waals surface area contributed by atoms with Crippen molar-refractivity contribution in [2.75, 3.05) is 6.61 Å². The molecule has 1 fully saturated rings. The Balaban J connectivity index is 1.36. The summed E-state index contributed by atoms with van der Waals surface area (Å²) in [5.74, 6) is -1.63. The van der Waals surface area contributed by atoms with E-state index in [-0.39, 0.29) is 12.5 Å². The van der Waals surface area contributed by atoms with E-state index in [9.17, 15) is 19.5 Å². The smallest absolute Gasteiger partial charge is 0.407 e. The molecule has 1 atom stereocenters. The zero-order valence-corrected chi connectivity index (χ0v) is 18.1. The van der Waals surface area contributed by atoms with Gasteiger partial charge in [0, 0.05) is 5.92 Å². The summed E-state index contributed by atoms with van der Waals surface area (Å²) in [4.78, 5) is 36.8. The number of alkyl carbamates (subject to hydrolysis) is 1. The third-order valence-electron chi connectivity index (χ3n) is 6.55. The van der Waals surface area contributed by atoms with Crippen molar-refractivity contribution in [1.82, 2.24) is 10.6 Å². The Morgan fingerprint density at radius 3 is 2.12 bits per heavy atom. The number of hydrogen-bond donors (Lipinski definition) is 3.